The van der Waals surface area contributed by atoms with E-state index in [1.165, 1.54) is 24.4 Å². The summed E-state index contributed by atoms with van der Waals surface area (Å²) < 4.78 is 32.3. The minimum Gasteiger partial charge on any atom is -0.685 e. The molecule has 1 aromatic heterocycles. The van der Waals surface area contributed by atoms with Crippen molar-refractivity contribution in [3.8, 4) is 17.0 Å². The van der Waals surface area contributed by atoms with E-state index < -0.39 is 161 Å². The number of allylic oxidation sites excluding steroid dienone is 3. The zero-order valence-corrected chi connectivity index (χ0v) is 63.4. The Morgan fingerprint density at radius 2 is 1.33 bits per heavy atom. The van der Waals surface area contributed by atoms with Crippen molar-refractivity contribution in [1.29, 1.82) is 0 Å². The van der Waals surface area contributed by atoms with E-state index in [0.717, 1.165) is 16.7 Å². The Balaban J connectivity index is 0.000000825. The number of carbonyl (C=O) groups is 7. The maximum atomic E-state index is 14.4. The second-order valence-electron chi connectivity index (χ2n) is 30.7. The third-order valence-electron chi connectivity index (χ3n) is 23.3. The van der Waals surface area contributed by atoms with Gasteiger partial charge >= 0.3 is 7.82 Å². The van der Waals surface area contributed by atoms with Crippen LogP contribution in [0.15, 0.2) is 107 Å². The first-order chi connectivity index (χ1) is 48.7. The minimum absolute atomic E-state index is 0. The third kappa shape index (κ3) is 17.1. The standard InChI is InChI=1S/C62H92N13O14P.C14H9.Co/c1-29-20-39-40(21-30(29)2)75(28-70-39)57-52(84)53(41(27-76)87-57)89-90(85,86)88-31(3)26-69-49(83)18-19-59(8)37(22-46(66)80)56-62(11)61(10,25-48(68)82)36(14-17-45(65)79)51(74-62)33(5)55-60(9,24-47(67)81)34(12-15-43(63)77)38(71-55)23-42-58(6,7)35(13-16-44(64)78)50(72-42)32(4)54(59)73-56;1-2-12-8-10-14(11-9-12)13-6-4-3-5-7-13;/h20-21,23,28,31,34-37,41-42,50-53,56-57,76,84H,12-19,22,24-27H2,1-11H3,(H14,63,64,65,66,67,68,69,77,78,79,80,81,82,83,85,86);3-11H;/q-4;-1;/b38-23-,54-32-,55-33-;;/t31-,34-,35-,36-,37+,41-,42?,50?,51?,52-,53-,56-,57+,59-,60+,61+,62+;;/m1../s1. The number of nitrogens with zero attached hydrogens (tertiary/aromatic N) is 6. The van der Waals surface area contributed by atoms with Gasteiger partial charge in [0.2, 0.25) is 41.4 Å². The van der Waals surface area contributed by atoms with Crippen molar-refractivity contribution < 1.29 is 88.4 Å². The van der Waals surface area contributed by atoms with Crippen LogP contribution in [0.2, 0.25) is 0 Å². The average Bonchev–Trinajstić information content (AvgIpc) is 1.53. The number of nitrogens with one attached hydrogen (secondary N) is 1. The number of phosphoric acid groups is 1. The van der Waals surface area contributed by atoms with E-state index in [-0.39, 0.29) is 94.0 Å². The van der Waals surface area contributed by atoms with Gasteiger partial charge in [0.1, 0.15) is 18.3 Å². The van der Waals surface area contributed by atoms with Gasteiger partial charge in [0.15, 0.2) is 6.23 Å². The molecule has 573 valence electrons. The molecule has 7 amide bonds. The van der Waals surface area contributed by atoms with Gasteiger partial charge in [0.05, 0.1) is 30.1 Å². The van der Waals surface area contributed by atoms with Crippen molar-refractivity contribution in [3.63, 3.8) is 0 Å². The number of rotatable bonds is 27. The van der Waals surface area contributed by atoms with Gasteiger partial charge in [0.25, 0.3) is 0 Å². The molecular formula is C76H101CoN13O14P-5. The number of imidazole rings is 1. The average molecular weight is 1510 g/mol. The van der Waals surface area contributed by atoms with Crippen LogP contribution in [-0.2, 0) is 68.7 Å². The summed E-state index contributed by atoms with van der Waals surface area (Å²) in [7, 11) is -5.06. The van der Waals surface area contributed by atoms with Crippen molar-refractivity contribution >= 4 is 60.2 Å². The van der Waals surface area contributed by atoms with Crippen molar-refractivity contribution in [2.45, 2.75) is 207 Å². The van der Waals surface area contributed by atoms with Gasteiger partial charge in [0, 0.05) is 68.3 Å². The van der Waals surface area contributed by atoms with Gasteiger partial charge in [-0.2, -0.15) is 17.1 Å². The Bertz CT molecular complexity index is 4140. The molecule has 6 aliphatic rings. The van der Waals surface area contributed by atoms with Crippen LogP contribution < -0.4 is 49.3 Å². The number of nitrogens with two attached hydrogens (primary N) is 6. The Labute approximate surface area is 624 Å². The first-order valence-corrected chi connectivity index (χ1v) is 36.8. The number of aryl methyl sites for hydroxylation is 2. The predicted molar refractivity (Wildman–Crippen MR) is 389 cm³/mol. The van der Waals surface area contributed by atoms with Gasteiger partial charge in [-0.3, -0.25) is 48.5 Å². The van der Waals surface area contributed by atoms with Crippen LogP contribution in [0.4, 0.5) is 0 Å². The van der Waals surface area contributed by atoms with Gasteiger partial charge in [-0.25, -0.2) is 9.55 Å². The summed E-state index contributed by atoms with van der Waals surface area (Å²) >= 11 is 0. The molecule has 7 heterocycles. The number of aliphatic hydroxyl groups is 2. The number of aliphatic hydroxyl groups excluding tert-OH is 2. The van der Waals surface area contributed by atoms with Crippen LogP contribution in [0.25, 0.3) is 43.4 Å². The molecule has 29 heteroatoms. The maximum Gasteiger partial charge on any atom is 0.472 e. The Hall–Kier alpha value is -7.78. The van der Waals surface area contributed by atoms with E-state index in [0.29, 0.717) is 39.3 Å². The van der Waals surface area contributed by atoms with E-state index in [1.54, 1.807) is 4.57 Å². The molecule has 18 atom stereocenters. The molecule has 5 fully saturated rings. The monoisotopic (exact) mass is 1510 g/mol. The summed E-state index contributed by atoms with van der Waals surface area (Å²) in [5.41, 5.74) is 39.3. The van der Waals surface area contributed by atoms with E-state index in [1.807, 2.05) is 130 Å². The molecule has 27 nitrogen and oxygen atoms in total. The Morgan fingerprint density at radius 1 is 0.743 bits per heavy atom. The molecule has 4 aromatic rings. The van der Waals surface area contributed by atoms with Gasteiger partial charge in [-0.15, -0.1) is 64.6 Å². The van der Waals surface area contributed by atoms with E-state index in [4.69, 9.17) is 75.9 Å². The molecule has 0 spiro atoms. The van der Waals surface area contributed by atoms with E-state index in [9.17, 15) is 53.2 Å². The quantitative estimate of drug-likeness (QED) is 0.0122. The largest absolute Gasteiger partial charge is 0.685 e. The van der Waals surface area contributed by atoms with Crippen molar-refractivity contribution in [2.24, 2.45) is 79.7 Å². The fraction of sp³-hybridized carbons (Fsp3) is 0.553. The number of amides is 7. The molecule has 4 unspecified atom stereocenters. The Morgan fingerprint density at radius 3 is 1.92 bits per heavy atom. The predicted octanol–water partition coefficient (Wildman–Crippen LogP) is 7.19. The van der Waals surface area contributed by atoms with Crippen molar-refractivity contribution in [1.82, 2.24) is 10.3 Å². The number of aromatic nitrogens is 2. The number of phosphoric ester groups is 1. The van der Waals surface area contributed by atoms with Crippen LogP contribution in [0.5, 0.6) is 0 Å². The van der Waals surface area contributed by atoms with Gasteiger partial charge in [-0.05, 0) is 140 Å². The number of ether oxygens (including phenoxy) is 1. The van der Waals surface area contributed by atoms with Crippen molar-refractivity contribution in [3.05, 3.63) is 152 Å². The van der Waals surface area contributed by atoms with Crippen LogP contribution in [0.3, 0.4) is 0 Å². The zero-order chi connectivity index (χ0) is 76.5. The van der Waals surface area contributed by atoms with Crippen molar-refractivity contribution in [2.75, 3.05) is 13.2 Å². The summed E-state index contributed by atoms with van der Waals surface area (Å²) in [6.07, 6.45) is 2.98. The molecule has 3 aromatic carbocycles. The molecule has 16 N–H and O–H groups in total. The number of carbonyl (C=O) groups excluding carboxylic acids is 7. The number of fused-ring (bicyclic) bond motifs is 10. The SMILES string of the molecule is C/C1=C2/[N-][C@H]([C@H](CC(N)=O)[C@@]2(C)CCC(=O)NC[C@@H](C)OP(=O)(O)O[C@H]2[C@@H](O)[C@@H]([n+]3c[n-]c4cc(C)c(C)cc43)O[C@@H]2CO)[C@]2(C)[N-]C(/C(C)=C3\[N-]/C(=C\C4[N-]C1[C@@H](CCC(N)=O)C4(C)C)[C@@H](CCC(N)=O)[C@]3(C)CC(N)=O)[C@@H](CCC(N)=O)[C@]2(C)CC(N)=O.[C-]#Cc1ccc(-c2ccccc2)cc1.[Co]. The van der Waals surface area contributed by atoms with Crippen LogP contribution in [0.1, 0.15) is 156 Å². The topological polar surface area (TPSA) is 467 Å². The summed E-state index contributed by atoms with van der Waals surface area (Å²) in [5, 5.41) is 46.9. The van der Waals surface area contributed by atoms with Gasteiger partial charge in [-0.1, -0.05) is 84.0 Å². The minimum atomic E-state index is -5.06. The van der Waals surface area contributed by atoms with Crippen LogP contribution in [-0.4, -0.2) is 124 Å². The molecule has 0 saturated carbocycles. The molecule has 8 bridgehead atoms. The molecule has 10 rings (SSSR count). The van der Waals surface area contributed by atoms with Gasteiger partial charge < -0.3 is 91.8 Å². The normalized spacial score (nSPS) is 32.8. The smallest absolute Gasteiger partial charge is 0.472 e. The molecular weight excluding hydrogens is 1410 g/mol. The second-order valence-corrected chi connectivity index (χ2v) is 32.0. The number of hydrogen-bond acceptors (Lipinski definition) is 13. The summed E-state index contributed by atoms with van der Waals surface area (Å²) in [5.74, 6) is -4.56. The summed E-state index contributed by atoms with van der Waals surface area (Å²) in [6.45, 7) is 19.5. The number of primary amides is 6. The van der Waals surface area contributed by atoms with E-state index in [2.05, 4.69) is 28.4 Å². The first-order valence-electron chi connectivity index (χ1n) is 35.3. The molecule has 5 saturated heterocycles. The molecule has 105 heavy (non-hydrogen) atoms. The van der Waals surface area contributed by atoms with Crippen LogP contribution >= 0.6 is 7.82 Å². The fourth-order valence-electron chi connectivity index (χ4n) is 17.5. The molecule has 6 aliphatic heterocycles. The van der Waals surface area contributed by atoms with E-state index >= 15 is 0 Å². The summed E-state index contributed by atoms with van der Waals surface area (Å²) in [4.78, 5) is 109. The molecule has 1 radical (unpaired) electrons. The maximum absolute atomic E-state index is 14.4. The zero-order valence-electron chi connectivity index (χ0n) is 61.5. The summed E-state index contributed by atoms with van der Waals surface area (Å²) in [6, 6.07) is 18.5. The number of hydrogen-bond donors (Lipinski definition) is 10. The fourth-order valence-corrected chi connectivity index (χ4v) is 18.6. The first kappa shape index (κ1) is 82.9. The van der Waals surface area contributed by atoms with Crippen LogP contribution in [0, 0.1) is 71.5 Å². The molecule has 0 aliphatic carbocycles. The Kier molecular flexibility index (Phi) is 25.8. The third-order valence-corrected chi connectivity index (χ3v) is 24.5. The second kappa shape index (κ2) is 32.7. The number of benzene rings is 3.